The van der Waals surface area contributed by atoms with Crippen molar-refractivity contribution in [3.05, 3.63) is 51.6 Å². The number of alkyl halides is 3. The number of allylic oxidation sites excluding steroid dienone is 2. The van der Waals surface area contributed by atoms with Gasteiger partial charge in [-0.05, 0) is 41.7 Å². The fourth-order valence-corrected chi connectivity index (χ4v) is 4.42. The molecule has 8 heteroatoms. The van der Waals surface area contributed by atoms with Gasteiger partial charge in [0.25, 0.3) is 0 Å². The maximum atomic E-state index is 13.0. The van der Waals surface area contributed by atoms with E-state index in [2.05, 4.69) is 0 Å². The van der Waals surface area contributed by atoms with Gasteiger partial charge in [0.05, 0.1) is 5.56 Å². The Balaban J connectivity index is 2.83. The Bertz CT molecular complexity index is 898. The number of aliphatic carboxylic acids is 2. The summed E-state index contributed by atoms with van der Waals surface area (Å²) in [4.78, 5) is 24.3. The van der Waals surface area contributed by atoms with E-state index < -0.39 is 35.0 Å². The Morgan fingerprint density at radius 3 is 2.21 bits per heavy atom. The third kappa shape index (κ3) is 4.06. The predicted octanol–water partition coefficient (Wildman–Crippen LogP) is 6.05. The Labute approximate surface area is 171 Å². The molecule has 1 unspecified atom stereocenters. The standard InChI is InChI=1S/C21H22ClF3O4/c1-4-12(5-2)20(19(28)29)10-15(18(26)27)11(3)8-16(20)14-7-6-13(9-17(14)22)21(23,24)25/h6-9,12H,4-5,10H2,1-3H3,(H,26,27)(H,28,29). The maximum absolute atomic E-state index is 13.0. The van der Waals surface area contributed by atoms with Gasteiger partial charge >= 0.3 is 18.1 Å². The Hall–Kier alpha value is -2.28. The highest BCUT2D eigenvalue weighted by atomic mass is 35.5. The van der Waals surface area contributed by atoms with Crippen molar-refractivity contribution in [3.63, 3.8) is 0 Å². The summed E-state index contributed by atoms with van der Waals surface area (Å²) in [6.07, 6.45) is -2.52. The van der Waals surface area contributed by atoms with Gasteiger partial charge in [-0.2, -0.15) is 13.2 Å². The lowest BCUT2D eigenvalue weighted by Crippen LogP contribution is -2.42. The van der Waals surface area contributed by atoms with Gasteiger partial charge in [-0.1, -0.05) is 50.4 Å². The van der Waals surface area contributed by atoms with Gasteiger partial charge < -0.3 is 10.2 Å². The minimum absolute atomic E-state index is 0.0221. The van der Waals surface area contributed by atoms with Gasteiger partial charge in [-0.15, -0.1) is 0 Å². The summed E-state index contributed by atoms with van der Waals surface area (Å²) in [6.45, 7) is 5.15. The van der Waals surface area contributed by atoms with Crippen LogP contribution in [0.5, 0.6) is 0 Å². The van der Waals surface area contributed by atoms with Crippen molar-refractivity contribution in [2.24, 2.45) is 11.3 Å². The molecule has 29 heavy (non-hydrogen) atoms. The number of rotatable bonds is 6. The Kier molecular flexibility index (Phi) is 6.52. The molecule has 0 fully saturated rings. The topological polar surface area (TPSA) is 74.6 Å². The average Bonchev–Trinajstić information content (AvgIpc) is 2.62. The van der Waals surface area contributed by atoms with Crippen molar-refractivity contribution in [3.8, 4) is 0 Å². The Morgan fingerprint density at radius 1 is 1.21 bits per heavy atom. The molecule has 0 heterocycles. The lowest BCUT2D eigenvalue weighted by Gasteiger charge is -2.42. The molecule has 0 amide bonds. The van der Waals surface area contributed by atoms with Crippen LogP contribution in [0.2, 0.25) is 5.02 Å². The van der Waals surface area contributed by atoms with E-state index in [4.69, 9.17) is 11.6 Å². The van der Waals surface area contributed by atoms with E-state index in [0.717, 1.165) is 18.2 Å². The lowest BCUT2D eigenvalue weighted by molar-refractivity contribution is -0.148. The highest BCUT2D eigenvalue weighted by Gasteiger charge is 2.51. The number of halogens is 4. The van der Waals surface area contributed by atoms with E-state index in [9.17, 15) is 33.0 Å². The van der Waals surface area contributed by atoms with Crippen molar-refractivity contribution >= 4 is 29.1 Å². The molecular formula is C21H22ClF3O4. The SMILES string of the molecule is CCC(CC)C1(C(=O)O)CC(C(=O)O)=C(C)C=C1c1ccc(C(F)(F)F)cc1Cl. The molecule has 1 aromatic carbocycles. The van der Waals surface area contributed by atoms with Crippen LogP contribution in [0.4, 0.5) is 13.2 Å². The van der Waals surface area contributed by atoms with E-state index in [1.807, 2.05) is 0 Å². The summed E-state index contributed by atoms with van der Waals surface area (Å²) in [5.41, 5.74) is -1.82. The summed E-state index contributed by atoms with van der Waals surface area (Å²) in [6, 6.07) is 2.78. The summed E-state index contributed by atoms with van der Waals surface area (Å²) in [7, 11) is 0. The molecule has 0 saturated heterocycles. The van der Waals surface area contributed by atoms with E-state index >= 15 is 0 Å². The first-order valence-electron chi connectivity index (χ1n) is 9.15. The molecule has 1 aliphatic rings. The van der Waals surface area contributed by atoms with E-state index in [1.54, 1.807) is 20.8 Å². The molecule has 2 N–H and O–H groups in total. The largest absolute Gasteiger partial charge is 0.481 e. The van der Waals surface area contributed by atoms with Gasteiger partial charge in [-0.25, -0.2) is 4.79 Å². The summed E-state index contributed by atoms with van der Waals surface area (Å²) in [5, 5.41) is 19.6. The molecule has 158 valence electrons. The number of carboxylic acids is 2. The van der Waals surface area contributed by atoms with Gasteiger partial charge in [0.1, 0.15) is 5.41 Å². The zero-order valence-electron chi connectivity index (χ0n) is 16.2. The molecule has 0 spiro atoms. The van der Waals surface area contributed by atoms with Crippen molar-refractivity contribution in [2.45, 2.75) is 46.2 Å². The molecule has 0 bridgehead atoms. The quantitative estimate of drug-likeness (QED) is 0.575. The zero-order valence-corrected chi connectivity index (χ0v) is 17.0. The smallest absolute Gasteiger partial charge is 0.416 e. The molecule has 1 atom stereocenters. The molecule has 0 radical (unpaired) electrons. The van der Waals surface area contributed by atoms with Crippen molar-refractivity contribution in [1.29, 1.82) is 0 Å². The van der Waals surface area contributed by atoms with Crippen LogP contribution >= 0.6 is 11.6 Å². The maximum Gasteiger partial charge on any atom is 0.416 e. The van der Waals surface area contributed by atoms with Crippen molar-refractivity contribution in [2.75, 3.05) is 0 Å². The number of carbonyl (C=O) groups is 2. The highest BCUT2D eigenvalue weighted by Crippen LogP contribution is 2.54. The van der Waals surface area contributed by atoms with Crippen LogP contribution in [0, 0.1) is 11.3 Å². The first kappa shape index (κ1) is 23.0. The van der Waals surface area contributed by atoms with Crippen molar-refractivity contribution in [1.82, 2.24) is 0 Å². The van der Waals surface area contributed by atoms with Crippen LogP contribution < -0.4 is 0 Å². The molecule has 0 aliphatic heterocycles. The van der Waals surface area contributed by atoms with Gasteiger partial charge in [0, 0.05) is 17.0 Å². The van der Waals surface area contributed by atoms with Crippen LogP contribution in [-0.4, -0.2) is 22.2 Å². The van der Waals surface area contributed by atoms with E-state index in [-0.39, 0.29) is 28.2 Å². The second-order valence-corrected chi connectivity index (χ2v) is 7.59. The molecule has 2 rings (SSSR count). The van der Waals surface area contributed by atoms with Crippen LogP contribution in [0.15, 0.2) is 35.4 Å². The molecule has 0 aromatic heterocycles. The number of hydrogen-bond donors (Lipinski definition) is 2. The average molecular weight is 431 g/mol. The fraction of sp³-hybridized carbons (Fsp3) is 0.429. The zero-order chi connectivity index (χ0) is 22.1. The van der Waals surface area contributed by atoms with Gasteiger partial charge in [0.15, 0.2) is 0 Å². The monoisotopic (exact) mass is 430 g/mol. The number of benzene rings is 1. The molecule has 1 aromatic rings. The summed E-state index contributed by atoms with van der Waals surface area (Å²) in [5.74, 6) is -2.88. The van der Waals surface area contributed by atoms with Crippen molar-refractivity contribution < 1.29 is 33.0 Å². The first-order valence-corrected chi connectivity index (χ1v) is 9.53. The third-order valence-corrected chi connectivity index (χ3v) is 5.99. The predicted molar refractivity (Wildman–Crippen MR) is 104 cm³/mol. The Morgan fingerprint density at radius 2 is 1.79 bits per heavy atom. The summed E-state index contributed by atoms with van der Waals surface area (Å²) >= 11 is 6.17. The normalized spacial score (nSPS) is 20.1. The van der Waals surface area contributed by atoms with Crippen LogP contribution in [-0.2, 0) is 15.8 Å². The van der Waals surface area contributed by atoms with Crippen LogP contribution in [0.1, 0.15) is 51.2 Å². The molecule has 0 saturated carbocycles. The third-order valence-electron chi connectivity index (χ3n) is 5.68. The molecule has 1 aliphatic carbocycles. The number of hydrogen-bond acceptors (Lipinski definition) is 2. The first-order chi connectivity index (χ1) is 13.4. The van der Waals surface area contributed by atoms with Crippen LogP contribution in [0.25, 0.3) is 5.57 Å². The van der Waals surface area contributed by atoms with E-state index in [1.165, 1.54) is 6.08 Å². The van der Waals surface area contributed by atoms with E-state index in [0.29, 0.717) is 18.4 Å². The second-order valence-electron chi connectivity index (χ2n) is 7.18. The van der Waals surface area contributed by atoms with Crippen LogP contribution in [0.3, 0.4) is 0 Å². The van der Waals surface area contributed by atoms with Gasteiger partial charge in [-0.3, -0.25) is 4.79 Å². The molecular weight excluding hydrogens is 409 g/mol. The lowest BCUT2D eigenvalue weighted by atomic mass is 9.60. The minimum atomic E-state index is -4.59. The highest BCUT2D eigenvalue weighted by molar-refractivity contribution is 6.32. The van der Waals surface area contributed by atoms with Gasteiger partial charge in [0.2, 0.25) is 0 Å². The minimum Gasteiger partial charge on any atom is -0.481 e. The number of carboxylic acid groups (broad SMARTS) is 2. The fourth-order valence-electron chi connectivity index (χ4n) is 4.13. The summed E-state index contributed by atoms with van der Waals surface area (Å²) < 4.78 is 39.1. The second kappa shape index (κ2) is 8.22. The molecule has 4 nitrogen and oxygen atoms in total.